The van der Waals surface area contributed by atoms with Gasteiger partial charge in [0.25, 0.3) is 0 Å². The van der Waals surface area contributed by atoms with Gasteiger partial charge >= 0.3 is 5.97 Å². The molecular weight excluding hydrogens is 280 g/mol. The van der Waals surface area contributed by atoms with Crippen LogP contribution in [0.5, 0.6) is 0 Å². The molecule has 5 heteroatoms. The fourth-order valence-electron chi connectivity index (χ4n) is 3.72. The van der Waals surface area contributed by atoms with Crippen molar-refractivity contribution in [3.8, 4) is 0 Å². The maximum absolute atomic E-state index is 11.6. The first kappa shape index (κ1) is 15.6. The number of furan rings is 1. The Balaban J connectivity index is 1.61. The highest BCUT2D eigenvalue weighted by atomic mass is 16.5. The summed E-state index contributed by atoms with van der Waals surface area (Å²) in [7, 11) is 1.38. The van der Waals surface area contributed by atoms with Gasteiger partial charge in [-0.3, -0.25) is 9.80 Å². The minimum absolute atomic E-state index is 0.339. The number of esters is 1. The Labute approximate surface area is 132 Å². The first-order valence-electron chi connectivity index (χ1n) is 8.31. The Bertz CT molecular complexity index is 520. The fourth-order valence-corrected chi connectivity index (χ4v) is 3.72. The van der Waals surface area contributed by atoms with Crippen LogP contribution in [0.1, 0.15) is 47.6 Å². The molecule has 0 unspecified atom stereocenters. The lowest BCUT2D eigenvalue weighted by Gasteiger charge is -2.37. The summed E-state index contributed by atoms with van der Waals surface area (Å²) in [6.45, 7) is 7.39. The molecule has 0 saturated carbocycles. The molecule has 122 valence electrons. The number of carbonyl (C=O) groups excluding carboxylic acids is 1. The highest BCUT2D eigenvalue weighted by Crippen LogP contribution is 2.23. The van der Waals surface area contributed by atoms with Crippen molar-refractivity contribution in [2.24, 2.45) is 0 Å². The molecule has 1 aromatic rings. The molecular formula is C17H26N2O3. The van der Waals surface area contributed by atoms with E-state index >= 15 is 0 Å². The number of likely N-dealkylation sites (tertiary alicyclic amines) is 2. The van der Waals surface area contributed by atoms with Gasteiger partial charge in [-0.25, -0.2) is 4.79 Å². The van der Waals surface area contributed by atoms with Crippen LogP contribution in [0.25, 0.3) is 0 Å². The van der Waals surface area contributed by atoms with Crippen molar-refractivity contribution in [2.75, 3.05) is 33.3 Å². The average molecular weight is 306 g/mol. The van der Waals surface area contributed by atoms with Crippen LogP contribution in [-0.4, -0.2) is 55.1 Å². The zero-order valence-electron chi connectivity index (χ0n) is 13.6. The highest BCUT2D eigenvalue weighted by molar-refractivity contribution is 5.87. The number of carbonyl (C=O) groups is 1. The third-order valence-corrected chi connectivity index (χ3v) is 4.86. The van der Waals surface area contributed by atoms with Crippen LogP contribution < -0.4 is 0 Å². The lowest BCUT2D eigenvalue weighted by atomic mass is 10.0. The summed E-state index contributed by atoms with van der Waals surface area (Å²) in [5, 5.41) is 0. The molecule has 3 rings (SSSR count). The topological polar surface area (TPSA) is 45.9 Å². The summed E-state index contributed by atoms with van der Waals surface area (Å²) in [6.07, 6.45) is 5.23. The van der Waals surface area contributed by atoms with Crippen molar-refractivity contribution in [3.63, 3.8) is 0 Å². The van der Waals surface area contributed by atoms with Gasteiger partial charge in [-0.05, 0) is 58.3 Å². The van der Waals surface area contributed by atoms with E-state index < -0.39 is 5.97 Å². The molecule has 2 saturated heterocycles. The molecule has 2 aliphatic heterocycles. The van der Waals surface area contributed by atoms with Gasteiger partial charge in [-0.1, -0.05) is 0 Å². The Hall–Kier alpha value is -1.33. The first-order chi connectivity index (χ1) is 10.7. The minimum Gasteiger partial charge on any atom is -0.463 e. The van der Waals surface area contributed by atoms with Crippen molar-refractivity contribution in [3.05, 3.63) is 23.2 Å². The van der Waals surface area contributed by atoms with Gasteiger partial charge < -0.3 is 9.15 Å². The molecule has 0 aromatic carbocycles. The van der Waals surface area contributed by atoms with Gasteiger partial charge in [-0.15, -0.1) is 0 Å². The second-order valence-electron chi connectivity index (χ2n) is 6.49. The second-order valence-corrected chi connectivity index (χ2v) is 6.49. The molecule has 22 heavy (non-hydrogen) atoms. The molecule has 0 radical (unpaired) electrons. The van der Waals surface area contributed by atoms with Crippen molar-refractivity contribution in [1.82, 2.24) is 9.80 Å². The first-order valence-corrected chi connectivity index (χ1v) is 8.31. The van der Waals surface area contributed by atoms with E-state index in [1.165, 1.54) is 45.9 Å². The van der Waals surface area contributed by atoms with Gasteiger partial charge in [-0.2, -0.15) is 0 Å². The predicted molar refractivity (Wildman–Crippen MR) is 83.9 cm³/mol. The number of piperidine rings is 1. The van der Waals surface area contributed by atoms with Gasteiger partial charge in [0, 0.05) is 18.2 Å². The van der Waals surface area contributed by atoms with Crippen LogP contribution in [0.15, 0.2) is 10.5 Å². The molecule has 1 atom stereocenters. The smallest absolute Gasteiger partial charge is 0.374 e. The standard InChI is InChI=1S/C17H26N2O3/c1-13-10-15(22-16(13)17(20)21-2)12-18-7-5-6-14(11-18)19-8-3-4-9-19/h10,14H,3-9,11-12H2,1-2H3/t14-/m0/s1. The van der Waals surface area contributed by atoms with Crippen LogP contribution in [0, 0.1) is 6.92 Å². The van der Waals surface area contributed by atoms with E-state index in [-0.39, 0.29) is 0 Å². The predicted octanol–water partition coefficient (Wildman–Crippen LogP) is 2.43. The minimum atomic E-state index is -0.391. The van der Waals surface area contributed by atoms with Gasteiger partial charge in [0.05, 0.1) is 13.7 Å². The van der Waals surface area contributed by atoms with Crippen molar-refractivity contribution < 1.29 is 13.9 Å². The molecule has 0 N–H and O–H groups in total. The average Bonchev–Trinajstić information content (AvgIpc) is 3.17. The zero-order chi connectivity index (χ0) is 15.5. The normalized spacial score (nSPS) is 23.8. The summed E-state index contributed by atoms with van der Waals surface area (Å²) in [5.74, 6) is 0.808. The third-order valence-electron chi connectivity index (χ3n) is 4.86. The molecule has 0 amide bonds. The maximum atomic E-state index is 11.6. The summed E-state index contributed by atoms with van der Waals surface area (Å²) in [6, 6.07) is 2.65. The van der Waals surface area contributed by atoms with Crippen LogP contribution in [-0.2, 0) is 11.3 Å². The van der Waals surface area contributed by atoms with Crippen LogP contribution in [0.2, 0.25) is 0 Å². The molecule has 0 bridgehead atoms. The lowest BCUT2D eigenvalue weighted by molar-refractivity contribution is 0.0557. The molecule has 2 fully saturated rings. The van der Waals surface area contributed by atoms with Crippen LogP contribution in [0.4, 0.5) is 0 Å². The largest absolute Gasteiger partial charge is 0.463 e. The number of hydrogen-bond acceptors (Lipinski definition) is 5. The van der Waals surface area contributed by atoms with Crippen LogP contribution >= 0.6 is 0 Å². The Kier molecular flexibility index (Phi) is 4.84. The van der Waals surface area contributed by atoms with E-state index in [1.807, 2.05) is 13.0 Å². The number of methoxy groups -OCH3 is 1. The number of rotatable bonds is 4. The number of hydrogen-bond donors (Lipinski definition) is 0. The number of nitrogens with zero attached hydrogens (tertiary/aromatic N) is 2. The summed E-state index contributed by atoms with van der Waals surface area (Å²) in [5.41, 5.74) is 0.856. The second kappa shape index (κ2) is 6.84. The van der Waals surface area contributed by atoms with Crippen molar-refractivity contribution in [2.45, 2.75) is 45.2 Å². The number of aryl methyl sites for hydroxylation is 1. The van der Waals surface area contributed by atoms with E-state index in [0.717, 1.165) is 31.0 Å². The molecule has 0 aliphatic carbocycles. The van der Waals surface area contributed by atoms with Gasteiger partial charge in [0.1, 0.15) is 5.76 Å². The van der Waals surface area contributed by atoms with Gasteiger partial charge in [0.2, 0.25) is 5.76 Å². The van der Waals surface area contributed by atoms with E-state index in [9.17, 15) is 4.79 Å². The SMILES string of the molecule is COC(=O)c1oc(CN2CCC[C@H](N3CCCC3)C2)cc1C. The monoisotopic (exact) mass is 306 g/mol. The van der Waals surface area contributed by atoms with Gasteiger partial charge in [0.15, 0.2) is 0 Å². The Morgan fingerprint density at radius 3 is 2.82 bits per heavy atom. The van der Waals surface area contributed by atoms with E-state index in [0.29, 0.717) is 11.8 Å². The summed E-state index contributed by atoms with van der Waals surface area (Å²) < 4.78 is 10.5. The zero-order valence-corrected chi connectivity index (χ0v) is 13.6. The number of ether oxygens (including phenoxy) is 1. The molecule has 3 heterocycles. The van der Waals surface area contributed by atoms with E-state index in [2.05, 4.69) is 9.80 Å². The molecule has 0 spiro atoms. The molecule has 5 nitrogen and oxygen atoms in total. The van der Waals surface area contributed by atoms with Crippen LogP contribution in [0.3, 0.4) is 0 Å². The summed E-state index contributed by atoms with van der Waals surface area (Å²) in [4.78, 5) is 16.7. The van der Waals surface area contributed by atoms with Crippen molar-refractivity contribution >= 4 is 5.97 Å². The Morgan fingerprint density at radius 1 is 1.32 bits per heavy atom. The van der Waals surface area contributed by atoms with E-state index in [4.69, 9.17) is 9.15 Å². The lowest BCUT2D eigenvalue weighted by Crippen LogP contribution is -2.46. The Morgan fingerprint density at radius 2 is 2.09 bits per heavy atom. The maximum Gasteiger partial charge on any atom is 0.374 e. The molecule has 2 aliphatic rings. The quantitative estimate of drug-likeness (QED) is 0.800. The van der Waals surface area contributed by atoms with Crippen molar-refractivity contribution in [1.29, 1.82) is 0 Å². The molecule has 1 aromatic heterocycles. The fraction of sp³-hybridized carbons (Fsp3) is 0.706. The van der Waals surface area contributed by atoms with E-state index in [1.54, 1.807) is 0 Å². The summed E-state index contributed by atoms with van der Waals surface area (Å²) >= 11 is 0. The third kappa shape index (κ3) is 3.36. The highest BCUT2D eigenvalue weighted by Gasteiger charge is 2.27.